The molecule has 0 bridgehead atoms. The number of hydrogen-bond donors (Lipinski definition) is 2. The summed E-state index contributed by atoms with van der Waals surface area (Å²) in [7, 11) is 0. The predicted molar refractivity (Wildman–Crippen MR) is 78.8 cm³/mol. The lowest BCUT2D eigenvalue weighted by Gasteiger charge is -2.17. The second-order valence-electron chi connectivity index (χ2n) is 4.58. The highest BCUT2D eigenvalue weighted by Gasteiger charge is 2.17. The lowest BCUT2D eigenvalue weighted by Crippen LogP contribution is -2.30. The van der Waals surface area contributed by atoms with Crippen LogP contribution in [0.1, 0.15) is 29.8 Å². The van der Waals surface area contributed by atoms with Crippen molar-refractivity contribution in [1.82, 2.24) is 10.4 Å². The number of hydrazine groups is 1. The van der Waals surface area contributed by atoms with Gasteiger partial charge in [0.05, 0.1) is 11.1 Å². The first-order chi connectivity index (χ1) is 9.65. The molecule has 0 amide bonds. The van der Waals surface area contributed by atoms with Crippen LogP contribution in [-0.2, 0) is 12.8 Å². The van der Waals surface area contributed by atoms with E-state index in [4.69, 9.17) is 17.4 Å². The van der Waals surface area contributed by atoms with E-state index in [1.165, 1.54) is 11.6 Å². The van der Waals surface area contributed by atoms with Gasteiger partial charge in [-0.05, 0) is 24.1 Å². The molecule has 0 radical (unpaired) electrons. The van der Waals surface area contributed by atoms with Gasteiger partial charge in [-0.15, -0.1) is 0 Å². The summed E-state index contributed by atoms with van der Waals surface area (Å²) in [4.78, 5) is 4.36. The number of rotatable bonds is 5. The number of aromatic nitrogens is 1. The molecule has 0 fully saturated rings. The first-order valence-corrected chi connectivity index (χ1v) is 6.87. The van der Waals surface area contributed by atoms with Crippen LogP contribution in [0.4, 0.5) is 4.39 Å². The Kier molecular flexibility index (Phi) is 5.06. The van der Waals surface area contributed by atoms with Gasteiger partial charge in [0.1, 0.15) is 5.82 Å². The Balaban J connectivity index is 2.21. The van der Waals surface area contributed by atoms with Crippen molar-refractivity contribution in [1.29, 1.82) is 0 Å². The topological polar surface area (TPSA) is 50.9 Å². The van der Waals surface area contributed by atoms with Gasteiger partial charge in [-0.3, -0.25) is 16.3 Å². The molecule has 106 valence electrons. The number of aryl methyl sites for hydroxylation is 1. The first kappa shape index (κ1) is 14.9. The Morgan fingerprint density at radius 3 is 2.75 bits per heavy atom. The van der Waals surface area contributed by atoms with Crippen LogP contribution in [0.5, 0.6) is 0 Å². The molecule has 0 aliphatic rings. The minimum Gasteiger partial charge on any atom is -0.271 e. The third kappa shape index (κ3) is 3.33. The highest BCUT2D eigenvalue weighted by Crippen LogP contribution is 2.25. The van der Waals surface area contributed by atoms with Crippen molar-refractivity contribution in [3.63, 3.8) is 0 Å². The van der Waals surface area contributed by atoms with Crippen LogP contribution < -0.4 is 11.3 Å². The summed E-state index contributed by atoms with van der Waals surface area (Å²) < 4.78 is 14.0. The van der Waals surface area contributed by atoms with Gasteiger partial charge in [0.25, 0.3) is 0 Å². The van der Waals surface area contributed by atoms with Crippen molar-refractivity contribution >= 4 is 11.6 Å². The summed E-state index contributed by atoms with van der Waals surface area (Å²) in [5.74, 6) is 5.10. The van der Waals surface area contributed by atoms with Crippen LogP contribution in [0.25, 0.3) is 0 Å². The maximum atomic E-state index is 14.0. The van der Waals surface area contributed by atoms with Gasteiger partial charge >= 0.3 is 0 Å². The molecule has 20 heavy (non-hydrogen) atoms. The third-order valence-electron chi connectivity index (χ3n) is 3.27. The highest BCUT2D eigenvalue weighted by atomic mass is 35.5. The maximum Gasteiger partial charge on any atom is 0.146 e. The monoisotopic (exact) mass is 293 g/mol. The van der Waals surface area contributed by atoms with Gasteiger partial charge in [0.2, 0.25) is 0 Å². The van der Waals surface area contributed by atoms with Crippen molar-refractivity contribution in [3.05, 3.63) is 64.2 Å². The molecule has 3 N–H and O–H groups in total. The normalized spacial score (nSPS) is 12.4. The van der Waals surface area contributed by atoms with Crippen molar-refractivity contribution in [2.75, 3.05) is 0 Å². The van der Waals surface area contributed by atoms with E-state index in [-0.39, 0.29) is 11.1 Å². The van der Waals surface area contributed by atoms with E-state index in [1.54, 1.807) is 12.1 Å². The molecule has 2 aromatic rings. The van der Waals surface area contributed by atoms with E-state index in [2.05, 4.69) is 17.3 Å². The number of nitrogens with one attached hydrogen (secondary N) is 1. The average Bonchev–Trinajstić information content (AvgIpc) is 2.48. The minimum absolute atomic E-state index is 0.0945. The molecule has 3 nitrogen and oxygen atoms in total. The molecule has 5 heteroatoms. The highest BCUT2D eigenvalue weighted by molar-refractivity contribution is 6.30. The van der Waals surface area contributed by atoms with Crippen molar-refractivity contribution in [2.24, 2.45) is 5.84 Å². The quantitative estimate of drug-likeness (QED) is 0.657. The number of nitrogens with zero attached hydrogens (tertiary/aromatic N) is 1. The average molecular weight is 294 g/mol. The van der Waals surface area contributed by atoms with Crippen LogP contribution >= 0.6 is 11.6 Å². The predicted octanol–water partition coefficient (Wildman–Crippen LogP) is 3.18. The maximum absolute atomic E-state index is 14.0. The number of pyridine rings is 1. The van der Waals surface area contributed by atoms with Crippen LogP contribution in [0.2, 0.25) is 5.02 Å². The van der Waals surface area contributed by atoms with E-state index < -0.39 is 5.82 Å². The molecule has 1 heterocycles. The second-order valence-corrected chi connectivity index (χ2v) is 4.98. The fourth-order valence-electron chi connectivity index (χ4n) is 2.04. The van der Waals surface area contributed by atoms with Crippen LogP contribution in [0.3, 0.4) is 0 Å². The number of nitrogens with two attached hydrogens (primary N) is 1. The summed E-state index contributed by atoms with van der Waals surface area (Å²) in [5, 5.41) is 0.0945. The molecule has 0 aliphatic heterocycles. The molecule has 1 aromatic carbocycles. The molecule has 1 aromatic heterocycles. The zero-order chi connectivity index (χ0) is 14.5. The van der Waals surface area contributed by atoms with Gasteiger partial charge in [0.15, 0.2) is 0 Å². The molecule has 0 saturated heterocycles. The Morgan fingerprint density at radius 2 is 2.15 bits per heavy atom. The summed E-state index contributed by atoms with van der Waals surface area (Å²) in [6.07, 6.45) is 3.27. The molecular formula is C15H17ClFN3. The van der Waals surface area contributed by atoms with E-state index >= 15 is 0 Å². The first-order valence-electron chi connectivity index (χ1n) is 6.49. The standard InChI is InChI=1S/C15H17ClFN3/c1-2-10-6-7-11(19-9-10)8-14(20-18)12-4-3-5-13(16)15(12)17/h3-7,9,14,20H,2,8,18H2,1H3. The summed E-state index contributed by atoms with van der Waals surface area (Å²) in [6.45, 7) is 2.07. The molecular weight excluding hydrogens is 277 g/mol. The van der Waals surface area contributed by atoms with Gasteiger partial charge in [-0.25, -0.2) is 4.39 Å². The third-order valence-corrected chi connectivity index (χ3v) is 3.56. The van der Waals surface area contributed by atoms with Crippen LogP contribution in [0, 0.1) is 5.82 Å². The van der Waals surface area contributed by atoms with E-state index in [0.717, 1.165) is 12.1 Å². The van der Waals surface area contributed by atoms with Crippen molar-refractivity contribution in [3.8, 4) is 0 Å². The van der Waals surface area contributed by atoms with Crippen molar-refractivity contribution in [2.45, 2.75) is 25.8 Å². The smallest absolute Gasteiger partial charge is 0.146 e. The lowest BCUT2D eigenvalue weighted by atomic mass is 10.0. The van der Waals surface area contributed by atoms with Gasteiger partial charge in [-0.1, -0.05) is 36.7 Å². The van der Waals surface area contributed by atoms with E-state index in [0.29, 0.717) is 12.0 Å². The number of halogens is 2. The van der Waals surface area contributed by atoms with E-state index in [9.17, 15) is 4.39 Å². The molecule has 0 spiro atoms. The molecule has 2 rings (SSSR count). The molecule has 0 aliphatic carbocycles. The second kappa shape index (κ2) is 6.79. The SMILES string of the molecule is CCc1ccc(CC(NN)c2cccc(Cl)c2F)nc1. The number of benzene rings is 1. The zero-order valence-electron chi connectivity index (χ0n) is 11.2. The minimum atomic E-state index is -0.442. The van der Waals surface area contributed by atoms with E-state index in [1.807, 2.05) is 18.3 Å². The lowest BCUT2D eigenvalue weighted by molar-refractivity contribution is 0.507. The Labute approximate surface area is 122 Å². The number of hydrogen-bond acceptors (Lipinski definition) is 3. The summed E-state index contributed by atoms with van der Waals surface area (Å²) in [6, 6.07) is 8.48. The Morgan fingerprint density at radius 1 is 1.35 bits per heavy atom. The largest absolute Gasteiger partial charge is 0.271 e. The fraction of sp³-hybridized carbons (Fsp3) is 0.267. The molecule has 1 atom stereocenters. The molecule has 0 saturated carbocycles. The van der Waals surface area contributed by atoms with Gasteiger partial charge < -0.3 is 0 Å². The summed E-state index contributed by atoms with van der Waals surface area (Å²) in [5.41, 5.74) is 5.09. The van der Waals surface area contributed by atoms with Crippen LogP contribution in [0.15, 0.2) is 36.5 Å². The fourth-order valence-corrected chi connectivity index (χ4v) is 2.22. The Bertz CT molecular complexity index is 572. The zero-order valence-corrected chi connectivity index (χ0v) is 12.0. The van der Waals surface area contributed by atoms with Gasteiger partial charge in [-0.2, -0.15) is 0 Å². The Hall–Kier alpha value is -1.49. The molecule has 1 unspecified atom stereocenters. The van der Waals surface area contributed by atoms with Crippen molar-refractivity contribution < 1.29 is 4.39 Å². The van der Waals surface area contributed by atoms with Crippen LogP contribution in [-0.4, -0.2) is 4.98 Å². The summed E-state index contributed by atoms with van der Waals surface area (Å²) >= 11 is 5.80. The van der Waals surface area contributed by atoms with Gasteiger partial charge in [0, 0.05) is 23.9 Å².